The first-order valence-corrected chi connectivity index (χ1v) is 6.78. The monoisotopic (exact) mass is 278 g/mol. The molecule has 110 valence electrons. The summed E-state index contributed by atoms with van der Waals surface area (Å²) in [5.41, 5.74) is 0. The van der Waals surface area contributed by atoms with Crippen molar-refractivity contribution in [3.63, 3.8) is 0 Å². The van der Waals surface area contributed by atoms with E-state index in [2.05, 4.69) is 11.8 Å². The van der Waals surface area contributed by atoms with Gasteiger partial charge < -0.3 is 9.47 Å². The molecule has 0 bridgehead atoms. The van der Waals surface area contributed by atoms with Crippen molar-refractivity contribution < 1.29 is 19.1 Å². The van der Waals surface area contributed by atoms with Gasteiger partial charge in [0.05, 0.1) is 0 Å². The lowest BCUT2D eigenvalue weighted by molar-refractivity contribution is -0.164. The molecule has 0 aromatic heterocycles. The predicted octanol–water partition coefficient (Wildman–Crippen LogP) is 2.17. The standard InChI is InChI=1S/C16H22O4/c1-5-8-11-19-15(17)14(13(4)10-7-3)16(18)20-12-9-6-2/h1-2,13-14H,7-12H2,3-4H3. The van der Waals surface area contributed by atoms with Gasteiger partial charge in [-0.1, -0.05) is 20.3 Å². The topological polar surface area (TPSA) is 52.6 Å². The van der Waals surface area contributed by atoms with Crippen LogP contribution in [-0.4, -0.2) is 25.2 Å². The second-order valence-corrected chi connectivity index (χ2v) is 4.49. The molecule has 1 unspecified atom stereocenters. The van der Waals surface area contributed by atoms with E-state index in [0.29, 0.717) is 12.8 Å². The summed E-state index contributed by atoms with van der Waals surface area (Å²) < 4.78 is 10.0. The molecule has 0 aromatic carbocycles. The van der Waals surface area contributed by atoms with Gasteiger partial charge in [0.2, 0.25) is 0 Å². The SMILES string of the molecule is C#CCCOC(=O)C(C(=O)OCCC#C)C(C)CCC. The molecule has 0 N–H and O–H groups in total. The fourth-order valence-electron chi connectivity index (χ4n) is 1.78. The van der Waals surface area contributed by atoms with E-state index in [-0.39, 0.29) is 19.1 Å². The van der Waals surface area contributed by atoms with Crippen LogP contribution in [0.2, 0.25) is 0 Å². The summed E-state index contributed by atoms with van der Waals surface area (Å²) in [6.45, 7) is 4.05. The van der Waals surface area contributed by atoms with Crippen LogP contribution in [-0.2, 0) is 19.1 Å². The summed E-state index contributed by atoms with van der Waals surface area (Å²) in [5.74, 6) is 2.54. The number of ether oxygens (including phenoxy) is 2. The molecular weight excluding hydrogens is 256 g/mol. The Kier molecular flexibility index (Phi) is 9.87. The molecule has 0 aromatic rings. The molecule has 0 aliphatic carbocycles. The maximum absolute atomic E-state index is 12.0. The van der Waals surface area contributed by atoms with Gasteiger partial charge in [-0.15, -0.1) is 24.7 Å². The average Bonchev–Trinajstić information content (AvgIpc) is 2.40. The third-order valence-electron chi connectivity index (χ3n) is 2.80. The number of hydrogen-bond acceptors (Lipinski definition) is 4. The Morgan fingerprint density at radius 3 is 1.85 bits per heavy atom. The van der Waals surface area contributed by atoms with Crippen LogP contribution in [0, 0.1) is 36.5 Å². The molecule has 0 fully saturated rings. The average molecular weight is 278 g/mol. The smallest absolute Gasteiger partial charge is 0.320 e. The third-order valence-corrected chi connectivity index (χ3v) is 2.80. The van der Waals surface area contributed by atoms with E-state index >= 15 is 0 Å². The zero-order chi connectivity index (χ0) is 15.4. The summed E-state index contributed by atoms with van der Waals surface area (Å²) in [5, 5.41) is 0. The molecule has 0 amide bonds. The zero-order valence-electron chi connectivity index (χ0n) is 12.2. The highest BCUT2D eigenvalue weighted by Crippen LogP contribution is 2.20. The first-order valence-electron chi connectivity index (χ1n) is 6.78. The number of carbonyl (C=O) groups excluding carboxylic acids is 2. The third kappa shape index (κ3) is 6.85. The minimum atomic E-state index is -0.912. The predicted molar refractivity (Wildman–Crippen MR) is 76.4 cm³/mol. The number of rotatable bonds is 9. The Hall–Kier alpha value is -1.94. The van der Waals surface area contributed by atoms with E-state index in [1.165, 1.54) is 0 Å². The lowest BCUT2D eigenvalue weighted by atomic mass is 9.90. The molecule has 4 heteroatoms. The molecule has 0 spiro atoms. The maximum atomic E-state index is 12.0. The van der Waals surface area contributed by atoms with Crippen LogP contribution < -0.4 is 0 Å². The molecule has 0 aliphatic rings. The van der Waals surface area contributed by atoms with Crippen molar-refractivity contribution in [2.75, 3.05) is 13.2 Å². The Morgan fingerprint density at radius 1 is 1.05 bits per heavy atom. The van der Waals surface area contributed by atoms with Gasteiger partial charge in [-0.05, 0) is 12.3 Å². The van der Waals surface area contributed by atoms with E-state index in [0.717, 1.165) is 12.8 Å². The van der Waals surface area contributed by atoms with Gasteiger partial charge in [-0.25, -0.2) is 0 Å². The number of hydrogen-bond donors (Lipinski definition) is 0. The zero-order valence-corrected chi connectivity index (χ0v) is 12.2. The van der Waals surface area contributed by atoms with Gasteiger partial charge in [0.1, 0.15) is 13.2 Å². The second-order valence-electron chi connectivity index (χ2n) is 4.49. The van der Waals surface area contributed by atoms with Crippen molar-refractivity contribution in [1.82, 2.24) is 0 Å². The minimum Gasteiger partial charge on any atom is -0.464 e. The van der Waals surface area contributed by atoms with E-state index in [1.807, 2.05) is 13.8 Å². The van der Waals surface area contributed by atoms with Gasteiger partial charge >= 0.3 is 11.9 Å². The van der Waals surface area contributed by atoms with Crippen molar-refractivity contribution in [3.8, 4) is 24.7 Å². The largest absolute Gasteiger partial charge is 0.464 e. The van der Waals surface area contributed by atoms with Crippen LogP contribution in [0.1, 0.15) is 39.5 Å². The highest BCUT2D eigenvalue weighted by atomic mass is 16.6. The minimum absolute atomic E-state index is 0.113. The van der Waals surface area contributed by atoms with E-state index < -0.39 is 17.9 Å². The van der Waals surface area contributed by atoms with Crippen LogP contribution in [0.15, 0.2) is 0 Å². The first kappa shape index (κ1) is 18.1. The molecule has 0 saturated heterocycles. The van der Waals surface area contributed by atoms with Gasteiger partial charge in [0.25, 0.3) is 0 Å². The molecule has 4 nitrogen and oxygen atoms in total. The fourth-order valence-corrected chi connectivity index (χ4v) is 1.78. The van der Waals surface area contributed by atoms with Crippen molar-refractivity contribution in [1.29, 1.82) is 0 Å². The molecule has 0 rings (SSSR count). The highest BCUT2D eigenvalue weighted by molar-refractivity contribution is 5.95. The van der Waals surface area contributed by atoms with Gasteiger partial charge in [-0.3, -0.25) is 9.59 Å². The Morgan fingerprint density at radius 2 is 1.50 bits per heavy atom. The van der Waals surface area contributed by atoms with Gasteiger partial charge in [0.15, 0.2) is 5.92 Å². The highest BCUT2D eigenvalue weighted by Gasteiger charge is 2.34. The summed E-state index contributed by atoms with van der Waals surface area (Å²) in [6.07, 6.45) is 12.4. The van der Waals surface area contributed by atoms with E-state index in [9.17, 15) is 9.59 Å². The summed E-state index contributed by atoms with van der Waals surface area (Å²) in [6, 6.07) is 0. The Bertz CT molecular complexity index is 354. The fraction of sp³-hybridized carbons (Fsp3) is 0.625. The summed E-state index contributed by atoms with van der Waals surface area (Å²) in [7, 11) is 0. The molecule has 1 atom stereocenters. The summed E-state index contributed by atoms with van der Waals surface area (Å²) >= 11 is 0. The molecular formula is C16H22O4. The lowest BCUT2D eigenvalue weighted by Crippen LogP contribution is -2.33. The van der Waals surface area contributed by atoms with E-state index in [4.69, 9.17) is 22.3 Å². The Balaban J connectivity index is 4.63. The van der Waals surface area contributed by atoms with Crippen molar-refractivity contribution in [3.05, 3.63) is 0 Å². The van der Waals surface area contributed by atoms with Crippen LogP contribution in [0.3, 0.4) is 0 Å². The summed E-state index contributed by atoms with van der Waals surface area (Å²) in [4.78, 5) is 24.0. The van der Waals surface area contributed by atoms with Crippen LogP contribution >= 0.6 is 0 Å². The molecule has 0 heterocycles. The van der Waals surface area contributed by atoms with E-state index in [1.54, 1.807) is 0 Å². The molecule has 0 aliphatic heterocycles. The normalized spacial score (nSPS) is 11.2. The number of terminal acetylenes is 2. The van der Waals surface area contributed by atoms with Crippen LogP contribution in [0.5, 0.6) is 0 Å². The van der Waals surface area contributed by atoms with Gasteiger partial charge in [0, 0.05) is 12.8 Å². The maximum Gasteiger partial charge on any atom is 0.320 e. The molecule has 0 radical (unpaired) electrons. The van der Waals surface area contributed by atoms with Crippen LogP contribution in [0.4, 0.5) is 0 Å². The second kappa shape index (κ2) is 10.9. The lowest BCUT2D eigenvalue weighted by Gasteiger charge is -2.20. The van der Waals surface area contributed by atoms with Crippen molar-refractivity contribution >= 4 is 11.9 Å². The number of esters is 2. The first-order chi connectivity index (χ1) is 9.58. The van der Waals surface area contributed by atoms with Crippen molar-refractivity contribution in [2.45, 2.75) is 39.5 Å². The molecule has 20 heavy (non-hydrogen) atoms. The molecule has 0 saturated carbocycles. The number of carbonyl (C=O) groups is 2. The van der Waals surface area contributed by atoms with Crippen LogP contribution in [0.25, 0.3) is 0 Å². The van der Waals surface area contributed by atoms with Gasteiger partial charge in [-0.2, -0.15) is 0 Å². The van der Waals surface area contributed by atoms with Crippen molar-refractivity contribution in [2.24, 2.45) is 11.8 Å². The Labute approximate surface area is 121 Å². The quantitative estimate of drug-likeness (QED) is 0.281.